The van der Waals surface area contributed by atoms with Crippen LogP contribution in [0.1, 0.15) is 12.8 Å². The number of carboxylic acid groups (broad SMARTS) is 1. The lowest BCUT2D eigenvalue weighted by Gasteiger charge is -2.03. The Balaban J connectivity index is 3.41. The van der Waals surface area contributed by atoms with E-state index >= 15 is 0 Å². The first-order chi connectivity index (χ1) is 7.06. The summed E-state index contributed by atoms with van der Waals surface area (Å²) in [6.07, 6.45) is -0.107. The molecular formula is C8H13N2O5. The van der Waals surface area contributed by atoms with Gasteiger partial charge in [-0.15, -0.1) is 0 Å². The molecule has 0 bridgehead atoms. The van der Waals surface area contributed by atoms with Gasteiger partial charge in [0.05, 0.1) is 6.42 Å². The molecule has 0 rings (SSSR count). The predicted molar refractivity (Wildman–Crippen MR) is 48.4 cm³/mol. The van der Waals surface area contributed by atoms with Crippen LogP contribution >= 0.6 is 0 Å². The van der Waals surface area contributed by atoms with Crippen molar-refractivity contribution in [1.82, 2.24) is 10.6 Å². The molecule has 0 aromatic heterocycles. The molecule has 0 spiro atoms. The maximum atomic E-state index is 11.0. The van der Waals surface area contributed by atoms with Gasteiger partial charge in [-0.25, -0.2) is 5.11 Å². The van der Waals surface area contributed by atoms with E-state index in [0.29, 0.717) is 0 Å². The topological polar surface area (TPSA) is 115 Å². The molecule has 0 saturated carbocycles. The third kappa shape index (κ3) is 8.69. The lowest BCUT2D eigenvalue weighted by Crippen LogP contribution is -2.32. The molecule has 0 fully saturated rings. The fourth-order valence-corrected chi connectivity index (χ4v) is 0.764. The highest BCUT2D eigenvalue weighted by atomic mass is 16.4. The van der Waals surface area contributed by atoms with Gasteiger partial charge in [-0.1, -0.05) is 0 Å². The Labute approximate surface area is 86.5 Å². The zero-order valence-corrected chi connectivity index (χ0v) is 8.12. The Bertz CT molecular complexity index is 241. The van der Waals surface area contributed by atoms with E-state index in [-0.39, 0.29) is 31.8 Å². The minimum absolute atomic E-state index is 0.0331. The highest BCUT2D eigenvalue weighted by Crippen LogP contribution is 1.80. The van der Waals surface area contributed by atoms with E-state index < -0.39 is 18.5 Å². The molecule has 85 valence electrons. The van der Waals surface area contributed by atoms with E-state index in [1.165, 1.54) is 0 Å². The Morgan fingerprint density at radius 1 is 0.933 bits per heavy atom. The van der Waals surface area contributed by atoms with E-state index in [0.717, 1.165) is 0 Å². The van der Waals surface area contributed by atoms with Crippen LogP contribution < -0.4 is 10.6 Å². The number of hydrogen-bond acceptors (Lipinski definition) is 3. The van der Waals surface area contributed by atoms with Crippen LogP contribution in [0.4, 0.5) is 0 Å². The molecule has 0 aliphatic rings. The molecule has 0 unspecified atom stereocenters. The van der Waals surface area contributed by atoms with E-state index in [4.69, 9.17) is 5.11 Å². The van der Waals surface area contributed by atoms with Crippen molar-refractivity contribution in [2.75, 3.05) is 19.7 Å². The fourth-order valence-electron chi connectivity index (χ4n) is 0.764. The average Bonchev–Trinajstić information content (AvgIpc) is 2.17. The van der Waals surface area contributed by atoms with Crippen molar-refractivity contribution in [2.45, 2.75) is 12.8 Å². The molecule has 0 aromatic carbocycles. The minimum atomic E-state index is -0.991. The summed E-state index contributed by atoms with van der Waals surface area (Å²) < 4.78 is 0. The van der Waals surface area contributed by atoms with Gasteiger partial charge in [-0.2, -0.15) is 0 Å². The average molecular weight is 217 g/mol. The Morgan fingerprint density at radius 3 is 2.00 bits per heavy atom. The van der Waals surface area contributed by atoms with E-state index in [9.17, 15) is 19.5 Å². The number of carbonyl (C=O) groups is 3. The molecule has 2 amide bonds. The molecule has 15 heavy (non-hydrogen) atoms. The van der Waals surface area contributed by atoms with Crippen molar-refractivity contribution in [3.8, 4) is 0 Å². The summed E-state index contributed by atoms with van der Waals surface area (Å²) in [5.74, 6) is -2.01. The molecule has 0 aromatic rings. The third-order valence-electron chi connectivity index (χ3n) is 1.47. The third-order valence-corrected chi connectivity index (χ3v) is 1.47. The Hall–Kier alpha value is -1.63. The summed E-state index contributed by atoms with van der Waals surface area (Å²) in [5, 5.41) is 22.8. The van der Waals surface area contributed by atoms with E-state index in [1.54, 1.807) is 0 Å². The number of amides is 2. The molecular weight excluding hydrogens is 204 g/mol. The normalized spacial score (nSPS) is 9.40. The first-order valence-corrected chi connectivity index (χ1v) is 4.39. The molecule has 0 saturated heterocycles. The van der Waals surface area contributed by atoms with Crippen LogP contribution in [-0.2, 0) is 19.5 Å². The number of aliphatic carboxylic acids is 1. The summed E-state index contributed by atoms with van der Waals surface area (Å²) >= 11 is 0. The number of carboxylic acids is 1. The monoisotopic (exact) mass is 217 g/mol. The second-order valence-electron chi connectivity index (χ2n) is 2.74. The standard InChI is InChI=1S/C8H13N2O5/c11-5-7(13)10-3-1-6(12)9-4-2-8(14)15/h1-5H2,(H,9,12)(H,10,13)(H,14,15). The van der Waals surface area contributed by atoms with Gasteiger partial charge in [0, 0.05) is 19.5 Å². The fraction of sp³-hybridized carbons (Fsp3) is 0.625. The van der Waals surface area contributed by atoms with Crippen molar-refractivity contribution < 1.29 is 24.6 Å². The van der Waals surface area contributed by atoms with E-state index in [1.807, 2.05) is 0 Å². The summed E-state index contributed by atoms with van der Waals surface area (Å²) in [5.41, 5.74) is 0. The summed E-state index contributed by atoms with van der Waals surface area (Å²) in [6.45, 7) is -0.718. The van der Waals surface area contributed by atoms with Gasteiger partial charge in [0.1, 0.15) is 0 Å². The minimum Gasteiger partial charge on any atom is -0.481 e. The highest BCUT2D eigenvalue weighted by molar-refractivity contribution is 5.79. The van der Waals surface area contributed by atoms with Crippen LogP contribution in [0.3, 0.4) is 0 Å². The van der Waals surface area contributed by atoms with Crippen molar-refractivity contribution in [3.05, 3.63) is 0 Å². The van der Waals surface area contributed by atoms with Gasteiger partial charge < -0.3 is 15.7 Å². The van der Waals surface area contributed by atoms with Gasteiger partial charge >= 0.3 is 5.97 Å². The molecule has 0 atom stereocenters. The van der Waals surface area contributed by atoms with Gasteiger partial charge in [0.15, 0.2) is 6.61 Å². The second kappa shape index (κ2) is 7.74. The van der Waals surface area contributed by atoms with Crippen LogP contribution in [-0.4, -0.2) is 42.6 Å². The molecule has 0 heterocycles. The van der Waals surface area contributed by atoms with Crippen LogP contribution in [0.5, 0.6) is 0 Å². The van der Waals surface area contributed by atoms with Gasteiger partial charge in [0.25, 0.3) is 0 Å². The summed E-state index contributed by atoms with van der Waals surface area (Å²) in [4.78, 5) is 31.5. The lowest BCUT2D eigenvalue weighted by molar-refractivity contribution is -0.137. The van der Waals surface area contributed by atoms with Crippen molar-refractivity contribution in [3.63, 3.8) is 0 Å². The molecule has 0 aliphatic carbocycles. The molecule has 7 heteroatoms. The summed E-state index contributed by atoms with van der Waals surface area (Å²) in [6, 6.07) is 0. The molecule has 1 radical (unpaired) electrons. The maximum Gasteiger partial charge on any atom is 0.305 e. The largest absolute Gasteiger partial charge is 0.481 e. The first-order valence-electron chi connectivity index (χ1n) is 4.39. The SMILES string of the molecule is [O]CC(=O)NCCC(=O)NCCC(=O)O. The van der Waals surface area contributed by atoms with Crippen LogP contribution in [0.25, 0.3) is 0 Å². The lowest BCUT2D eigenvalue weighted by atomic mass is 10.3. The Kier molecular flexibility index (Phi) is 6.90. The number of rotatable bonds is 7. The zero-order chi connectivity index (χ0) is 11.7. The van der Waals surface area contributed by atoms with Gasteiger partial charge in [-0.05, 0) is 0 Å². The zero-order valence-electron chi connectivity index (χ0n) is 8.12. The smallest absolute Gasteiger partial charge is 0.305 e. The molecule has 3 N–H and O–H groups in total. The molecule has 0 aliphatic heterocycles. The second-order valence-corrected chi connectivity index (χ2v) is 2.74. The van der Waals surface area contributed by atoms with E-state index in [2.05, 4.69) is 10.6 Å². The van der Waals surface area contributed by atoms with Crippen LogP contribution in [0, 0.1) is 0 Å². The van der Waals surface area contributed by atoms with Crippen LogP contribution in [0.2, 0.25) is 0 Å². The predicted octanol–water partition coefficient (Wildman–Crippen LogP) is -1.49. The number of hydrogen-bond donors (Lipinski definition) is 3. The van der Waals surface area contributed by atoms with Gasteiger partial charge in [-0.3, -0.25) is 14.4 Å². The van der Waals surface area contributed by atoms with Crippen molar-refractivity contribution in [2.24, 2.45) is 0 Å². The van der Waals surface area contributed by atoms with Crippen LogP contribution in [0.15, 0.2) is 0 Å². The highest BCUT2D eigenvalue weighted by Gasteiger charge is 2.03. The first kappa shape index (κ1) is 13.4. The number of nitrogens with one attached hydrogen (secondary N) is 2. The van der Waals surface area contributed by atoms with Gasteiger partial charge in [0.2, 0.25) is 11.8 Å². The quantitative estimate of drug-likeness (QED) is 0.482. The molecule has 7 nitrogen and oxygen atoms in total. The maximum absolute atomic E-state index is 11.0. The summed E-state index contributed by atoms with van der Waals surface area (Å²) in [7, 11) is 0. The number of carbonyl (C=O) groups excluding carboxylic acids is 2. The Morgan fingerprint density at radius 2 is 1.47 bits per heavy atom. The van der Waals surface area contributed by atoms with Crippen molar-refractivity contribution >= 4 is 17.8 Å². The van der Waals surface area contributed by atoms with Crippen molar-refractivity contribution in [1.29, 1.82) is 0 Å².